The molecule has 176 valence electrons. The van der Waals surface area contributed by atoms with Crippen LogP contribution in [0.3, 0.4) is 0 Å². The van der Waals surface area contributed by atoms with Gasteiger partial charge >= 0.3 is 11.9 Å². The van der Waals surface area contributed by atoms with Crippen LogP contribution < -0.4 is 4.74 Å². The first-order valence-corrected chi connectivity index (χ1v) is 10.8. The lowest BCUT2D eigenvalue weighted by Gasteiger charge is -2.16. The molecule has 0 unspecified atom stereocenters. The number of rotatable bonds is 9. The number of halogens is 1. The first-order chi connectivity index (χ1) is 16.2. The van der Waals surface area contributed by atoms with E-state index in [1.807, 2.05) is 38.1 Å². The standard InChI is InChI=1S/C26H24ClNO6/c1-15-11-17(16(2)28-33-3)9-10-24(15)34-14-22-18(5-4-6-23(22)27)12-19-7-8-20(25(29)30)13-21(19)26(31)32/h4-11,13H,12,14H2,1-3H3,(H,29,30)(H,31,32). The van der Waals surface area contributed by atoms with Gasteiger partial charge in [0, 0.05) is 10.6 Å². The van der Waals surface area contributed by atoms with Crippen LogP contribution in [0, 0.1) is 6.92 Å². The van der Waals surface area contributed by atoms with E-state index in [0.717, 1.165) is 28.0 Å². The first-order valence-electron chi connectivity index (χ1n) is 10.4. The fourth-order valence-electron chi connectivity index (χ4n) is 3.57. The normalized spacial score (nSPS) is 11.2. The second kappa shape index (κ2) is 10.9. The van der Waals surface area contributed by atoms with Crippen molar-refractivity contribution in [2.45, 2.75) is 26.9 Å². The second-order valence-electron chi connectivity index (χ2n) is 7.66. The number of hydrogen-bond donors (Lipinski definition) is 2. The molecule has 0 saturated heterocycles. The van der Waals surface area contributed by atoms with Gasteiger partial charge in [0.25, 0.3) is 0 Å². The number of carboxylic acids is 2. The number of hydrogen-bond acceptors (Lipinski definition) is 5. The van der Waals surface area contributed by atoms with E-state index < -0.39 is 11.9 Å². The number of benzene rings is 3. The summed E-state index contributed by atoms with van der Waals surface area (Å²) in [6.45, 7) is 3.95. The maximum absolute atomic E-state index is 11.7. The molecule has 3 rings (SSSR count). The Kier molecular flexibility index (Phi) is 7.91. The molecule has 0 atom stereocenters. The zero-order valence-corrected chi connectivity index (χ0v) is 19.7. The van der Waals surface area contributed by atoms with E-state index in [1.54, 1.807) is 12.1 Å². The van der Waals surface area contributed by atoms with Crippen LogP contribution >= 0.6 is 11.6 Å². The van der Waals surface area contributed by atoms with Crippen molar-refractivity contribution in [3.05, 3.63) is 98.6 Å². The topological polar surface area (TPSA) is 105 Å². The molecule has 0 aliphatic carbocycles. The minimum Gasteiger partial charge on any atom is -0.489 e. The van der Waals surface area contributed by atoms with E-state index in [9.17, 15) is 19.8 Å². The van der Waals surface area contributed by atoms with Crippen molar-refractivity contribution in [2.24, 2.45) is 5.16 Å². The average molecular weight is 482 g/mol. The van der Waals surface area contributed by atoms with Crippen molar-refractivity contribution in [1.29, 1.82) is 0 Å². The molecule has 3 aromatic carbocycles. The van der Waals surface area contributed by atoms with Gasteiger partial charge in [-0.25, -0.2) is 9.59 Å². The molecule has 3 aromatic rings. The van der Waals surface area contributed by atoms with Gasteiger partial charge in [-0.15, -0.1) is 0 Å². The number of oxime groups is 1. The highest BCUT2D eigenvalue weighted by Gasteiger charge is 2.17. The lowest BCUT2D eigenvalue weighted by Crippen LogP contribution is -2.09. The van der Waals surface area contributed by atoms with Crippen LogP contribution in [0.1, 0.15) is 55.5 Å². The van der Waals surface area contributed by atoms with Crippen LogP contribution in [0.15, 0.2) is 59.8 Å². The molecule has 0 saturated carbocycles. The maximum Gasteiger partial charge on any atom is 0.336 e. The Morgan fingerprint density at radius 3 is 2.35 bits per heavy atom. The summed E-state index contributed by atoms with van der Waals surface area (Å²) in [5.74, 6) is -1.70. The van der Waals surface area contributed by atoms with Gasteiger partial charge in [0.05, 0.1) is 16.8 Å². The van der Waals surface area contributed by atoms with Gasteiger partial charge in [-0.2, -0.15) is 0 Å². The maximum atomic E-state index is 11.7. The van der Waals surface area contributed by atoms with Gasteiger partial charge in [0.1, 0.15) is 19.5 Å². The summed E-state index contributed by atoms with van der Waals surface area (Å²) in [6.07, 6.45) is 0.255. The van der Waals surface area contributed by atoms with E-state index >= 15 is 0 Å². The predicted molar refractivity (Wildman–Crippen MR) is 129 cm³/mol. The number of carbonyl (C=O) groups is 2. The van der Waals surface area contributed by atoms with Gasteiger partial charge < -0.3 is 19.8 Å². The Bertz CT molecular complexity index is 1270. The summed E-state index contributed by atoms with van der Waals surface area (Å²) in [7, 11) is 1.49. The molecular formula is C26H24ClNO6. The highest BCUT2D eigenvalue weighted by atomic mass is 35.5. The molecule has 0 aliphatic rings. The van der Waals surface area contributed by atoms with E-state index in [2.05, 4.69) is 5.16 Å². The molecule has 8 heteroatoms. The lowest BCUT2D eigenvalue weighted by molar-refractivity contribution is 0.0695. The minimum absolute atomic E-state index is 0.0636. The Hall–Kier alpha value is -3.84. The number of aryl methyl sites for hydroxylation is 1. The molecule has 7 nitrogen and oxygen atoms in total. The molecule has 0 amide bonds. The molecule has 0 heterocycles. The van der Waals surface area contributed by atoms with Gasteiger partial charge in [0.2, 0.25) is 0 Å². The van der Waals surface area contributed by atoms with Gasteiger partial charge in [-0.3, -0.25) is 0 Å². The van der Waals surface area contributed by atoms with Gasteiger partial charge in [-0.1, -0.05) is 35.0 Å². The number of nitrogens with zero attached hydrogens (tertiary/aromatic N) is 1. The summed E-state index contributed by atoms with van der Waals surface area (Å²) in [4.78, 5) is 27.8. The van der Waals surface area contributed by atoms with Crippen LogP contribution in [0.2, 0.25) is 5.02 Å². The minimum atomic E-state index is -1.19. The van der Waals surface area contributed by atoms with E-state index in [-0.39, 0.29) is 24.2 Å². The molecule has 2 N–H and O–H groups in total. The van der Waals surface area contributed by atoms with Crippen molar-refractivity contribution in [3.63, 3.8) is 0 Å². The molecule has 34 heavy (non-hydrogen) atoms. The highest BCUT2D eigenvalue weighted by molar-refractivity contribution is 6.31. The first kappa shape index (κ1) is 24.8. The van der Waals surface area contributed by atoms with Crippen LogP contribution in [-0.4, -0.2) is 35.0 Å². The Balaban J connectivity index is 1.87. The van der Waals surface area contributed by atoms with Crippen LogP contribution in [0.25, 0.3) is 0 Å². The second-order valence-corrected chi connectivity index (χ2v) is 8.07. The summed E-state index contributed by atoms with van der Waals surface area (Å²) in [5, 5.41) is 23.2. The van der Waals surface area contributed by atoms with Crippen molar-refractivity contribution in [1.82, 2.24) is 0 Å². The Labute approximate surface area is 202 Å². The molecule has 0 bridgehead atoms. The Morgan fingerprint density at radius 1 is 0.971 bits per heavy atom. The van der Waals surface area contributed by atoms with E-state index in [1.165, 1.54) is 25.3 Å². The number of ether oxygens (including phenoxy) is 1. The molecule has 0 aliphatic heterocycles. The predicted octanol–water partition coefficient (Wildman–Crippen LogP) is 5.59. The molecule has 0 radical (unpaired) electrons. The fourth-order valence-corrected chi connectivity index (χ4v) is 3.82. The Morgan fingerprint density at radius 2 is 1.71 bits per heavy atom. The fraction of sp³-hybridized carbons (Fsp3) is 0.192. The number of aromatic carboxylic acids is 2. The van der Waals surface area contributed by atoms with E-state index in [4.69, 9.17) is 21.2 Å². The molecular weight excluding hydrogens is 458 g/mol. The van der Waals surface area contributed by atoms with Crippen LogP contribution in [0.4, 0.5) is 0 Å². The zero-order valence-electron chi connectivity index (χ0n) is 19.0. The third kappa shape index (κ3) is 5.74. The summed E-state index contributed by atoms with van der Waals surface area (Å²) in [5.41, 5.74) is 4.42. The molecule has 0 spiro atoms. The van der Waals surface area contributed by atoms with Crippen LogP contribution in [0.5, 0.6) is 5.75 Å². The monoisotopic (exact) mass is 481 g/mol. The zero-order chi connectivity index (χ0) is 24.8. The lowest BCUT2D eigenvalue weighted by atomic mass is 9.95. The third-order valence-electron chi connectivity index (χ3n) is 5.38. The SMILES string of the molecule is CON=C(C)c1ccc(OCc2c(Cl)cccc2Cc2ccc(C(=O)O)cc2C(=O)O)c(C)c1. The highest BCUT2D eigenvalue weighted by Crippen LogP contribution is 2.27. The van der Waals surface area contributed by atoms with Crippen molar-refractivity contribution >= 4 is 29.3 Å². The molecule has 0 aromatic heterocycles. The largest absolute Gasteiger partial charge is 0.489 e. The van der Waals surface area contributed by atoms with Gasteiger partial charge in [0.15, 0.2) is 0 Å². The van der Waals surface area contributed by atoms with Gasteiger partial charge in [-0.05, 0) is 78.9 Å². The van der Waals surface area contributed by atoms with Crippen molar-refractivity contribution in [3.8, 4) is 5.75 Å². The smallest absolute Gasteiger partial charge is 0.336 e. The summed E-state index contributed by atoms with van der Waals surface area (Å²) in [6, 6.07) is 15.1. The summed E-state index contributed by atoms with van der Waals surface area (Å²) < 4.78 is 6.06. The van der Waals surface area contributed by atoms with Crippen LogP contribution in [-0.2, 0) is 17.9 Å². The van der Waals surface area contributed by atoms with Crippen molar-refractivity contribution in [2.75, 3.05) is 7.11 Å². The molecule has 0 fully saturated rings. The van der Waals surface area contributed by atoms with E-state index in [0.29, 0.717) is 16.3 Å². The van der Waals surface area contributed by atoms with Crippen molar-refractivity contribution < 1.29 is 29.4 Å². The average Bonchev–Trinajstić information content (AvgIpc) is 2.79. The number of carboxylic acid groups (broad SMARTS) is 2. The third-order valence-corrected chi connectivity index (χ3v) is 5.73. The summed E-state index contributed by atoms with van der Waals surface area (Å²) >= 11 is 6.47. The quantitative estimate of drug-likeness (QED) is 0.305.